The SMILES string of the molecule is CCSCCN(CC)Cc1ccccc1N. The summed E-state index contributed by atoms with van der Waals surface area (Å²) >= 11 is 1.99. The van der Waals surface area contributed by atoms with Crippen LogP contribution in [-0.2, 0) is 6.54 Å². The highest BCUT2D eigenvalue weighted by Gasteiger charge is 2.05. The zero-order valence-corrected chi connectivity index (χ0v) is 11.1. The molecule has 1 rings (SSSR count). The van der Waals surface area contributed by atoms with Crippen LogP contribution in [0.2, 0.25) is 0 Å². The van der Waals surface area contributed by atoms with Crippen LogP contribution in [0.5, 0.6) is 0 Å². The summed E-state index contributed by atoms with van der Waals surface area (Å²) in [5.74, 6) is 2.40. The van der Waals surface area contributed by atoms with E-state index in [1.165, 1.54) is 17.1 Å². The summed E-state index contributed by atoms with van der Waals surface area (Å²) in [6, 6.07) is 8.14. The van der Waals surface area contributed by atoms with Gasteiger partial charge in [-0.1, -0.05) is 32.0 Å². The Hall–Kier alpha value is -0.670. The Labute approximate surface area is 103 Å². The second-order valence-electron chi connectivity index (χ2n) is 3.76. The fourth-order valence-corrected chi connectivity index (χ4v) is 2.28. The topological polar surface area (TPSA) is 29.3 Å². The molecule has 0 saturated carbocycles. The number of thioether (sulfide) groups is 1. The smallest absolute Gasteiger partial charge is 0.0359 e. The molecule has 1 aromatic rings. The van der Waals surface area contributed by atoms with Gasteiger partial charge in [0, 0.05) is 24.5 Å². The van der Waals surface area contributed by atoms with E-state index in [0.717, 1.165) is 25.3 Å². The lowest BCUT2D eigenvalue weighted by Gasteiger charge is -2.20. The van der Waals surface area contributed by atoms with E-state index >= 15 is 0 Å². The van der Waals surface area contributed by atoms with Crippen LogP contribution < -0.4 is 5.73 Å². The fourth-order valence-electron chi connectivity index (χ4n) is 1.61. The molecule has 0 heterocycles. The average Bonchev–Trinajstić information content (AvgIpc) is 2.30. The van der Waals surface area contributed by atoms with Gasteiger partial charge in [-0.2, -0.15) is 11.8 Å². The second-order valence-corrected chi connectivity index (χ2v) is 5.16. The summed E-state index contributed by atoms with van der Waals surface area (Å²) in [6.07, 6.45) is 0. The first-order valence-corrected chi connectivity index (χ1v) is 7.06. The minimum absolute atomic E-state index is 0.907. The van der Waals surface area contributed by atoms with Crippen molar-refractivity contribution in [3.05, 3.63) is 29.8 Å². The first kappa shape index (κ1) is 13.4. The van der Waals surface area contributed by atoms with Crippen molar-refractivity contribution in [2.24, 2.45) is 0 Å². The van der Waals surface area contributed by atoms with E-state index in [4.69, 9.17) is 5.73 Å². The average molecular weight is 238 g/mol. The van der Waals surface area contributed by atoms with Crippen molar-refractivity contribution in [3.8, 4) is 0 Å². The number of hydrogen-bond acceptors (Lipinski definition) is 3. The van der Waals surface area contributed by atoms with E-state index in [9.17, 15) is 0 Å². The van der Waals surface area contributed by atoms with Crippen LogP contribution in [0.15, 0.2) is 24.3 Å². The molecule has 0 unspecified atom stereocenters. The summed E-state index contributed by atoms with van der Waals surface area (Å²) < 4.78 is 0. The third-order valence-corrected chi connectivity index (χ3v) is 3.53. The first-order valence-electron chi connectivity index (χ1n) is 5.91. The van der Waals surface area contributed by atoms with Gasteiger partial charge in [0.25, 0.3) is 0 Å². The molecule has 0 amide bonds. The molecule has 0 bridgehead atoms. The number of rotatable bonds is 7. The number of para-hydroxylation sites is 1. The first-order chi connectivity index (χ1) is 7.77. The summed E-state index contributed by atoms with van der Waals surface area (Å²) in [5, 5.41) is 0. The van der Waals surface area contributed by atoms with Gasteiger partial charge in [-0.3, -0.25) is 4.90 Å². The van der Waals surface area contributed by atoms with Gasteiger partial charge in [0.1, 0.15) is 0 Å². The molecule has 16 heavy (non-hydrogen) atoms. The lowest BCUT2D eigenvalue weighted by atomic mass is 10.1. The number of nitrogens with two attached hydrogens (primary N) is 1. The monoisotopic (exact) mass is 238 g/mol. The Morgan fingerprint density at radius 2 is 2.00 bits per heavy atom. The van der Waals surface area contributed by atoms with Crippen molar-refractivity contribution in [1.29, 1.82) is 0 Å². The molecule has 0 aliphatic heterocycles. The zero-order valence-electron chi connectivity index (χ0n) is 10.3. The van der Waals surface area contributed by atoms with Crippen LogP contribution >= 0.6 is 11.8 Å². The van der Waals surface area contributed by atoms with Crippen LogP contribution in [0.25, 0.3) is 0 Å². The highest BCUT2D eigenvalue weighted by Crippen LogP contribution is 2.13. The maximum atomic E-state index is 5.95. The third-order valence-electron chi connectivity index (χ3n) is 2.65. The van der Waals surface area contributed by atoms with E-state index < -0.39 is 0 Å². The van der Waals surface area contributed by atoms with Crippen LogP contribution in [0.4, 0.5) is 5.69 Å². The predicted molar refractivity (Wildman–Crippen MR) is 74.8 cm³/mol. The van der Waals surface area contributed by atoms with Gasteiger partial charge in [-0.15, -0.1) is 0 Å². The van der Waals surface area contributed by atoms with Crippen LogP contribution in [0, 0.1) is 0 Å². The number of nitrogen functional groups attached to an aromatic ring is 1. The fraction of sp³-hybridized carbons (Fsp3) is 0.538. The van der Waals surface area contributed by atoms with E-state index in [1.807, 2.05) is 23.9 Å². The highest BCUT2D eigenvalue weighted by atomic mass is 32.2. The van der Waals surface area contributed by atoms with Crippen molar-refractivity contribution >= 4 is 17.4 Å². The van der Waals surface area contributed by atoms with Gasteiger partial charge in [0.05, 0.1) is 0 Å². The Balaban J connectivity index is 2.46. The van der Waals surface area contributed by atoms with Gasteiger partial charge in [-0.05, 0) is 23.9 Å². The van der Waals surface area contributed by atoms with E-state index in [2.05, 4.69) is 30.9 Å². The molecular weight excluding hydrogens is 216 g/mol. The van der Waals surface area contributed by atoms with Crippen LogP contribution in [0.1, 0.15) is 19.4 Å². The van der Waals surface area contributed by atoms with Gasteiger partial charge in [0.2, 0.25) is 0 Å². The van der Waals surface area contributed by atoms with Crippen molar-refractivity contribution in [2.45, 2.75) is 20.4 Å². The molecule has 0 aliphatic carbocycles. The quantitative estimate of drug-likeness (QED) is 0.585. The molecule has 0 aliphatic rings. The normalized spacial score (nSPS) is 10.9. The third kappa shape index (κ3) is 4.45. The van der Waals surface area contributed by atoms with Crippen molar-refractivity contribution in [1.82, 2.24) is 4.90 Å². The molecule has 0 saturated heterocycles. The molecule has 0 fully saturated rings. The van der Waals surface area contributed by atoms with Crippen molar-refractivity contribution in [3.63, 3.8) is 0 Å². The number of nitrogens with zero attached hydrogens (tertiary/aromatic N) is 1. The Morgan fingerprint density at radius 3 is 2.62 bits per heavy atom. The molecule has 0 aromatic heterocycles. The Morgan fingerprint density at radius 1 is 1.25 bits per heavy atom. The predicted octanol–water partition coefficient (Wildman–Crippen LogP) is 2.84. The Kier molecular flexibility index (Phi) is 6.34. The maximum absolute atomic E-state index is 5.95. The molecule has 0 radical (unpaired) electrons. The van der Waals surface area contributed by atoms with Gasteiger partial charge in [-0.25, -0.2) is 0 Å². The second kappa shape index (κ2) is 7.58. The lowest BCUT2D eigenvalue weighted by Crippen LogP contribution is -2.25. The Bertz CT molecular complexity index is 302. The zero-order chi connectivity index (χ0) is 11.8. The van der Waals surface area contributed by atoms with Crippen LogP contribution in [0.3, 0.4) is 0 Å². The van der Waals surface area contributed by atoms with Gasteiger partial charge in [0.15, 0.2) is 0 Å². The van der Waals surface area contributed by atoms with Crippen LogP contribution in [-0.4, -0.2) is 29.5 Å². The molecule has 2 N–H and O–H groups in total. The largest absolute Gasteiger partial charge is 0.398 e. The number of benzene rings is 1. The summed E-state index contributed by atoms with van der Waals surface area (Å²) in [7, 11) is 0. The lowest BCUT2D eigenvalue weighted by molar-refractivity contribution is 0.299. The maximum Gasteiger partial charge on any atom is 0.0359 e. The van der Waals surface area contributed by atoms with E-state index in [-0.39, 0.29) is 0 Å². The molecule has 1 aromatic carbocycles. The number of anilines is 1. The molecule has 0 spiro atoms. The summed E-state index contributed by atoms with van der Waals surface area (Å²) in [6.45, 7) is 7.60. The molecule has 2 nitrogen and oxygen atoms in total. The van der Waals surface area contributed by atoms with E-state index in [0.29, 0.717) is 0 Å². The van der Waals surface area contributed by atoms with Crippen molar-refractivity contribution in [2.75, 3.05) is 30.3 Å². The number of hydrogen-bond donors (Lipinski definition) is 1. The molecule has 90 valence electrons. The minimum Gasteiger partial charge on any atom is -0.398 e. The summed E-state index contributed by atoms with van der Waals surface area (Å²) in [4.78, 5) is 2.44. The van der Waals surface area contributed by atoms with Gasteiger partial charge < -0.3 is 5.73 Å². The molecule has 0 atom stereocenters. The standard InChI is InChI=1S/C13H22N2S/c1-3-15(9-10-16-4-2)11-12-7-5-6-8-13(12)14/h5-8H,3-4,9-11,14H2,1-2H3. The summed E-state index contributed by atoms with van der Waals surface area (Å²) in [5.41, 5.74) is 8.09. The van der Waals surface area contributed by atoms with Gasteiger partial charge >= 0.3 is 0 Å². The molecule has 3 heteroatoms. The molecular formula is C13H22N2S. The van der Waals surface area contributed by atoms with Crippen molar-refractivity contribution < 1.29 is 0 Å². The highest BCUT2D eigenvalue weighted by molar-refractivity contribution is 7.99. The minimum atomic E-state index is 0.907. The van der Waals surface area contributed by atoms with E-state index in [1.54, 1.807) is 0 Å².